The lowest BCUT2D eigenvalue weighted by atomic mass is 9.95. The maximum atomic E-state index is 12.9. The summed E-state index contributed by atoms with van der Waals surface area (Å²) in [5.41, 5.74) is 2.15. The Morgan fingerprint density at radius 3 is 2.42 bits per heavy atom. The summed E-state index contributed by atoms with van der Waals surface area (Å²) >= 11 is 1.44. The summed E-state index contributed by atoms with van der Waals surface area (Å²) in [5, 5.41) is 5.39. The van der Waals surface area contributed by atoms with Gasteiger partial charge in [-0.1, -0.05) is 61.4 Å². The summed E-state index contributed by atoms with van der Waals surface area (Å²) in [6, 6.07) is 19.0. The Hall–Kier alpha value is -2.80. The van der Waals surface area contributed by atoms with Crippen molar-refractivity contribution in [2.45, 2.75) is 43.3 Å². The minimum atomic E-state index is 0.159. The fourth-order valence-corrected chi connectivity index (χ4v) is 5.49. The number of hydrogen-bond donors (Lipinski definition) is 1. The van der Waals surface area contributed by atoms with Gasteiger partial charge in [-0.2, -0.15) is 0 Å². The molecule has 2 aliphatic rings. The molecule has 1 saturated carbocycles. The quantitative estimate of drug-likeness (QED) is 0.420. The summed E-state index contributed by atoms with van der Waals surface area (Å²) in [4.78, 5) is 26.8. The number of benzene rings is 2. The molecule has 2 heterocycles. The Kier molecular flexibility index (Phi) is 6.95. The zero-order valence-corrected chi connectivity index (χ0v) is 19.8. The maximum absolute atomic E-state index is 12.9. The van der Waals surface area contributed by atoms with Crippen LogP contribution in [0.25, 0.3) is 10.9 Å². The number of amides is 1. The Morgan fingerprint density at radius 2 is 1.64 bits per heavy atom. The van der Waals surface area contributed by atoms with Crippen LogP contribution in [0.2, 0.25) is 0 Å². The van der Waals surface area contributed by atoms with Crippen molar-refractivity contribution in [2.24, 2.45) is 0 Å². The van der Waals surface area contributed by atoms with Crippen molar-refractivity contribution in [2.75, 3.05) is 42.1 Å². The first-order valence-corrected chi connectivity index (χ1v) is 13.0. The van der Waals surface area contributed by atoms with Gasteiger partial charge in [-0.3, -0.25) is 4.79 Å². The van der Waals surface area contributed by atoms with Gasteiger partial charge in [0.05, 0.1) is 11.3 Å². The van der Waals surface area contributed by atoms with Gasteiger partial charge in [0.25, 0.3) is 0 Å². The number of aromatic nitrogens is 2. The van der Waals surface area contributed by atoms with Crippen molar-refractivity contribution in [3.05, 3.63) is 54.6 Å². The summed E-state index contributed by atoms with van der Waals surface area (Å²) in [5.74, 6) is 1.43. The van der Waals surface area contributed by atoms with Gasteiger partial charge in [-0.15, -0.1) is 0 Å². The monoisotopic (exact) mass is 461 g/mol. The second kappa shape index (κ2) is 10.4. The van der Waals surface area contributed by atoms with Gasteiger partial charge in [0.1, 0.15) is 5.82 Å². The predicted molar refractivity (Wildman–Crippen MR) is 136 cm³/mol. The number of fused-ring (bicyclic) bond motifs is 1. The molecule has 7 heteroatoms. The third-order valence-electron chi connectivity index (χ3n) is 6.61. The lowest BCUT2D eigenvalue weighted by molar-refractivity contribution is -0.128. The van der Waals surface area contributed by atoms with Gasteiger partial charge < -0.3 is 15.1 Å². The molecular weight excluding hydrogens is 430 g/mol. The number of rotatable bonds is 6. The van der Waals surface area contributed by atoms with E-state index in [0.717, 1.165) is 42.9 Å². The number of anilines is 2. The highest BCUT2D eigenvalue weighted by Gasteiger charge is 2.22. The number of carbonyl (C=O) groups is 1. The molecule has 1 aliphatic heterocycles. The minimum absolute atomic E-state index is 0.159. The van der Waals surface area contributed by atoms with Crippen LogP contribution in [0.4, 0.5) is 11.5 Å². The van der Waals surface area contributed by atoms with Crippen LogP contribution in [-0.2, 0) is 4.79 Å². The molecule has 6 nitrogen and oxygen atoms in total. The van der Waals surface area contributed by atoms with Crippen molar-refractivity contribution in [3.8, 4) is 0 Å². The van der Waals surface area contributed by atoms with Gasteiger partial charge in [-0.05, 0) is 37.1 Å². The predicted octanol–water partition coefficient (Wildman–Crippen LogP) is 4.82. The van der Waals surface area contributed by atoms with Gasteiger partial charge >= 0.3 is 0 Å². The van der Waals surface area contributed by atoms with Crippen LogP contribution in [0.5, 0.6) is 0 Å². The molecule has 5 rings (SSSR count). The van der Waals surface area contributed by atoms with Crippen LogP contribution in [0.15, 0.2) is 59.8 Å². The molecule has 0 bridgehead atoms. The highest BCUT2D eigenvalue weighted by molar-refractivity contribution is 7.99. The second-order valence-corrected chi connectivity index (χ2v) is 9.79. The molecule has 0 unspecified atom stereocenters. The van der Waals surface area contributed by atoms with Gasteiger partial charge in [0.2, 0.25) is 5.91 Å². The molecule has 1 aromatic heterocycles. The van der Waals surface area contributed by atoms with E-state index in [-0.39, 0.29) is 5.91 Å². The maximum Gasteiger partial charge on any atom is 0.233 e. The Labute approximate surface area is 199 Å². The molecule has 3 aromatic rings. The van der Waals surface area contributed by atoms with E-state index in [1.165, 1.54) is 49.6 Å². The topological polar surface area (TPSA) is 61.4 Å². The average molecular weight is 462 g/mol. The van der Waals surface area contributed by atoms with Crippen molar-refractivity contribution in [1.29, 1.82) is 0 Å². The number of thioether (sulfide) groups is 1. The molecule has 0 atom stereocenters. The molecule has 2 aromatic carbocycles. The third-order valence-corrected chi connectivity index (χ3v) is 7.44. The van der Waals surface area contributed by atoms with Crippen LogP contribution >= 0.6 is 11.8 Å². The van der Waals surface area contributed by atoms with Crippen LogP contribution < -0.4 is 10.2 Å². The standard InChI is InChI=1S/C26H31N5OS/c32-24(31-17-15-30(16-18-31)21-11-5-2-6-12-21)19-33-26-28-23-14-8-7-13-22(23)25(29-26)27-20-9-3-1-4-10-20/h2,5-8,11-14,20H,1,3-4,9-10,15-19H2,(H,27,28,29). The molecule has 1 saturated heterocycles. The number of carbonyl (C=O) groups excluding carboxylic acids is 1. The van der Waals surface area contributed by atoms with E-state index in [1.54, 1.807) is 0 Å². The number of nitrogens with zero attached hydrogens (tertiary/aromatic N) is 4. The molecular formula is C26H31N5OS. The zero-order chi connectivity index (χ0) is 22.5. The highest BCUT2D eigenvalue weighted by atomic mass is 32.2. The molecule has 2 fully saturated rings. The first-order valence-electron chi connectivity index (χ1n) is 12.0. The number of hydrogen-bond acceptors (Lipinski definition) is 6. The summed E-state index contributed by atoms with van der Waals surface area (Å²) in [6.45, 7) is 3.23. The van der Waals surface area contributed by atoms with E-state index in [0.29, 0.717) is 17.0 Å². The third kappa shape index (κ3) is 5.41. The van der Waals surface area contributed by atoms with Crippen LogP contribution in [-0.4, -0.2) is 58.7 Å². The molecule has 1 N–H and O–H groups in total. The highest BCUT2D eigenvalue weighted by Crippen LogP contribution is 2.28. The van der Waals surface area contributed by atoms with E-state index < -0.39 is 0 Å². The summed E-state index contributed by atoms with van der Waals surface area (Å²) in [7, 11) is 0. The Balaban J connectivity index is 1.21. The van der Waals surface area contributed by atoms with E-state index in [9.17, 15) is 4.79 Å². The van der Waals surface area contributed by atoms with E-state index in [4.69, 9.17) is 9.97 Å². The number of para-hydroxylation sites is 2. The SMILES string of the molecule is O=C(CSc1nc(NC2CCCCC2)c2ccccc2n1)N1CCN(c2ccccc2)CC1. The summed E-state index contributed by atoms with van der Waals surface area (Å²) in [6.07, 6.45) is 6.25. The smallest absolute Gasteiger partial charge is 0.233 e. The van der Waals surface area contributed by atoms with Crippen LogP contribution in [0, 0.1) is 0 Å². The van der Waals surface area contributed by atoms with Crippen LogP contribution in [0.3, 0.4) is 0 Å². The average Bonchev–Trinajstić information content (AvgIpc) is 2.88. The summed E-state index contributed by atoms with van der Waals surface area (Å²) < 4.78 is 0. The van der Waals surface area contributed by atoms with Crippen LogP contribution in [0.1, 0.15) is 32.1 Å². The molecule has 1 amide bonds. The first kappa shape index (κ1) is 22.0. The van der Waals surface area contributed by atoms with Crippen molar-refractivity contribution >= 4 is 40.1 Å². The molecule has 172 valence electrons. The second-order valence-electron chi connectivity index (χ2n) is 8.84. The van der Waals surface area contributed by atoms with Crippen molar-refractivity contribution in [1.82, 2.24) is 14.9 Å². The fraction of sp³-hybridized carbons (Fsp3) is 0.423. The fourth-order valence-electron chi connectivity index (χ4n) is 4.74. The van der Waals surface area contributed by atoms with E-state index >= 15 is 0 Å². The molecule has 1 aliphatic carbocycles. The lowest BCUT2D eigenvalue weighted by Crippen LogP contribution is -2.49. The van der Waals surface area contributed by atoms with E-state index in [1.807, 2.05) is 29.2 Å². The normalized spacial score (nSPS) is 17.3. The largest absolute Gasteiger partial charge is 0.368 e. The first-order chi connectivity index (χ1) is 16.3. The lowest BCUT2D eigenvalue weighted by Gasteiger charge is -2.36. The minimum Gasteiger partial charge on any atom is -0.368 e. The number of nitrogens with one attached hydrogen (secondary N) is 1. The Morgan fingerprint density at radius 1 is 0.909 bits per heavy atom. The molecule has 0 radical (unpaired) electrons. The van der Waals surface area contributed by atoms with Crippen molar-refractivity contribution in [3.63, 3.8) is 0 Å². The Bertz CT molecular complexity index is 1080. The van der Waals surface area contributed by atoms with Gasteiger partial charge in [0.15, 0.2) is 5.16 Å². The zero-order valence-electron chi connectivity index (χ0n) is 18.9. The molecule has 0 spiro atoms. The molecule has 33 heavy (non-hydrogen) atoms. The van der Waals surface area contributed by atoms with E-state index in [2.05, 4.69) is 40.5 Å². The number of piperazine rings is 1. The van der Waals surface area contributed by atoms with Gasteiger partial charge in [-0.25, -0.2) is 9.97 Å². The van der Waals surface area contributed by atoms with Crippen molar-refractivity contribution < 1.29 is 4.79 Å². The van der Waals surface area contributed by atoms with Gasteiger partial charge in [0, 0.05) is 43.3 Å².